The van der Waals surface area contributed by atoms with Crippen LogP contribution in [0.15, 0.2) is 106 Å². The number of carbonyl (C=O) groups excluding carboxylic acids is 5. The average Bonchev–Trinajstić information content (AvgIpc) is 3.47. The summed E-state index contributed by atoms with van der Waals surface area (Å²) in [5, 5.41) is 16.4. The van der Waals surface area contributed by atoms with Gasteiger partial charge < -0.3 is 15.7 Å². The van der Waals surface area contributed by atoms with Crippen molar-refractivity contribution in [1.29, 1.82) is 0 Å². The molecule has 0 aromatic heterocycles. The number of carbonyl (C=O) groups is 5. The van der Waals surface area contributed by atoms with Crippen LogP contribution >= 0.6 is 31.9 Å². The molecule has 0 bridgehead atoms. The molecule has 268 valence electrons. The number of nitrogens with zero attached hydrogens (tertiary/aromatic N) is 4. The van der Waals surface area contributed by atoms with Gasteiger partial charge in [-0.15, -0.1) is 15.1 Å². The number of halogens is 3. The number of nitrogens with one attached hydrogen (secondary N) is 2. The van der Waals surface area contributed by atoms with Crippen LogP contribution in [0, 0.1) is 5.82 Å². The van der Waals surface area contributed by atoms with Crippen molar-refractivity contribution in [2.75, 3.05) is 4.90 Å². The zero-order valence-electron chi connectivity index (χ0n) is 28.0. The SMILES string of the molecule is CC1(CCc2ccc(O)cc2)NC(=O)N(N(C(=O)N(c2ccc(Br)cc2)c2ccc(Br)cc2)N2C(=O)NC(C)(CCc3cccc(F)c3)C2=O)C1=O. The molecule has 52 heavy (non-hydrogen) atoms. The first-order valence-electron chi connectivity index (χ1n) is 16.2. The van der Waals surface area contributed by atoms with Crippen LogP contribution in [-0.4, -0.2) is 61.2 Å². The Morgan fingerprint density at radius 2 is 1.17 bits per heavy atom. The van der Waals surface area contributed by atoms with E-state index in [2.05, 4.69) is 42.5 Å². The molecule has 2 saturated heterocycles. The monoisotopic (exact) mass is 834 g/mol. The summed E-state index contributed by atoms with van der Waals surface area (Å²) in [6, 6.07) is 22.2. The molecule has 0 spiro atoms. The number of urea groups is 3. The Balaban J connectivity index is 1.41. The Hall–Kier alpha value is -5.28. The van der Waals surface area contributed by atoms with Gasteiger partial charge in [-0.3, -0.25) is 14.5 Å². The van der Waals surface area contributed by atoms with E-state index >= 15 is 4.79 Å². The van der Waals surface area contributed by atoms with Gasteiger partial charge in [0.1, 0.15) is 22.6 Å². The third-order valence-electron chi connectivity index (χ3n) is 9.04. The number of hydrogen-bond acceptors (Lipinski definition) is 6. The van der Waals surface area contributed by atoms with Gasteiger partial charge in [0.2, 0.25) is 0 Å². The van der Waals surface area contributed by atoms with E-state index in [0.717, 1.165) is 5.56 Å². The minimum atomic E-state index is -1.61. The number of imide groups is 2. The molecule has 4 aromatic carbocycles. The summed E-state index contributed by atoms with van der Waals surface area (Å²) >= 11 is 6.79. The minimum Gasteiger partial charge on any atom is -0.508 e. The number of aromatic hydroxyl groups is 1. The molecule has 2 fully saturated rings. The Bertz CT molecular complexity index is 2010. The third kappa shape index (κ3) is 7.23. The maximum Gasteiger partial charge on any atom is 0.368 e. The van der Waals surface area contributed by atoms with E-state index in [4.69, 9.17) is 0 Å². The molecule has 2 atom stereocenters. The van der Waals surface area contributed by atoms with Gasteiger partial charge in [0.05, 0.1) is 11.4 Å². The summed E-state index contributed by atoms with van der Waals surface area (Å²) in [7, 11) is 0. The third-order valence-corrected chi connectivity index (χ3v) is 10.1. The van der Waals surface area contributed by atoms with E-state index in [1.165, 1.54) is 49.1 Å². The Morgan fingerprint density at radius 3 is 1.63 bits per heavy atom. The van der Waals surface area contributed by atoms with E-state index in [1.54, 1.807) is 66.7 Å². The van der Waals surface area contributed by atoms with Crippen LogP contribution in [0.1, 0.15) is 37.8 Å². The number of rotatable bonds is 10. The molecule has 6 rings (SSSR count). The predicted molar refractivity (Wildman–Crippen MR) is 196 cm³/mol. The van der Waals surface area contributed by atoms with Crippen LogP contribution in [0.4, 0.5) is 30.1 Å². The number of phenols is 1. The topological polar surface area (TPSA) is 143 Å². The molecule has 2 aliphatic rings. The van der Waals surface area contributed by atoms with E-state index in [-0.39, 0.29) is 25.0 Å². The minimum absolute atomic E-state index is 0.00713. The van der Waals surface area contributed by atoms with E-state index < -0.39 is 46.8 Å². The molecule has 3 N–H and O–H groups in total. The van der Waals surface area contributed by atoms with Gasteiger partial charge in [-0.05, 0) is 123 Å². The average molecular weight is 837 g/mol. The highest BCUT2D eigenvalue weighted by atomic mass is 79.9. The van der Waals surface area contributed by atoms with Crippen molar-refractivity contribution in [2.45, 2.75) is 50.6 Å². The number of benzene rings is 4. The highest BCUT2D eigenvalue weighted by molar-refractivity contribution is 9.10. The molecular formula is C37H33Br2FN6O6. The van der Waals surface area contributed by atoms with Gasteiger partial charge in [0.15, 0.2) is 0 Å². The van der Waals surface area contributed by atoms with E-state index in [9.17, 15) is 28.7 Å². The van der Waals surface area contributed by atoms with Crippen LogP contribution in [-0.2, 0) is 22.4 Å². The molecule has 12 nitrogen and oxygen atoms in total. The second-order valence-corrected chi connectivity index (χ2v) is 14.7. The smallest absolute Gasteiger partial charge is 0.368 e. The lowest BCUT2D eigenvalue weighted by Gasteiger charge is -2.38. The molecule has 2 unspecified atom stereocenters. The van der Waals surface area contributed by atoms with Crippen molar-refractivity contribution in [3.8, 4) is 5.75 Å². The second-order valence-electron chi connectivity index (χ2n) is 12.9. The van der Waals surface area contributed by atoms with Gasteiger partial charge in [0.25, 0.3) is 11.8 Å². The summed E-state index contributed by atoms with van der Waals surface area (Å²) in [4.78, 5) is 72.8. The highest BCUT2D eigenvalue weighted by Crippen LogP contribution is 2.35. The number of anilines is 2. The van der Waals surface area contributed by atoms with Crippen molar-refractivity contribution < 1.29 is 33.5 Å². The fourth-order valence-electron chi connectivity index (χ4n) is 6.06. The Morgan fingerprint density at radius 1 is 0.712 bits per heavy atom. The summed E-state index contributed by atoms with van der Waals surface area (Å²) in [5.74, 6) is -2.19. The summed E-state index contributed by atoms with van der Waals surface area (Å²) in [6.07, 6.45) is 0.572. The maximum absolute atomic E-state index is 15.0. The van der Waals surface area contributed by atoms with Crippen LogP contribution < -0.4 is 15.5 Å². The lowest BCUT2D eigenvalue weighted by molar-refractivity contribution is -0.162. The highest BCUT2D eigenvalue weighted by Gasteiger charge is 2.59. The van der Waals surface area contributed by atoms with Crippen molar-refractivity contribution in [3.63, 3.8) is 0 Å². The van der Waals surface area contributed by atoms with Gasteiger partial charge in [-0.25, -0.2) is 18.8 Å². The zero-order valence-corrected chi connectivity index (χ0v) is 31.1. The molecule has 15 heteroatoms. The van der Waals surface area contributed by atoms with Crippen LogP contribution in [0.5, 0.6) is 5.75 Å². The fourth-order valence-corrected chi connectivity index (χ4v) is 6.59. The number of amides is 8. The first-order chi connectivity index (χ1) is 24.7. The number of aryl methyl sites for hydroxylation is 2. The lowest BCUT2D eigenvalue weighted by Crippen LogP contribution is -2.64. The van der Waals surface area contributed by atoms with Crippen molar-refractivity contribution in [2.24, 2.45) is 0 Å². The molecule has 0 saturated carbocycles. The molecule has 0 aliphatic carbocycles. The summed E-state index contributed by atoms with van der Waals surface area (Å²) in [5.41, 5.74) is -1.24. The fraction of sp³-hybridized carbons (Fsp3) is 0.216. The van der Waals surface area contributed by atoms with Crippen LogP contribution in [0.25, 0.3) is 0 Å². The van der Waals surface area contributed by atoms with Gasteiger partial charge in [-0.1, -0.05) is 56.1 Å². The van der Waals surface area contributed by atoms with Crippen LogP contribution in [0.2, 0.25) is 0 Å². The normalized spacial score (nSPS) is 19.9. The maximum atomic E-state index is 15.0. The van der Waals surface area contributed by atoms with E-state index in [1.807, 2.05) is 0 Å². The first-order valence-corrected chi connectivity index (χ1v) is 17.8. The molecule has 0 radical (unpaired) electrons. The summed E-state index contributed by atoms with van der Waals surface area (Å²) < 4.78 is 15.4. The zero-order chi connectivity index (χ0) is 37.4. The standard InChI is InChI=1S/C37H33Br2FN6O6/c1-36(20-18-23-6-16-30(47)17-7-23)31(48)44(33(50)41-36)46(35(52)43(28-12-8-25(38)9-13-28)29-14-10-26(39)11-15-29)45-32(49)37(2,42-34(45)51)21-19-24-4-3-5-27(40)22-24/h3-17,22,47H,18-21H2,1-2H3,(H,41,50)(H,42,51). The van der Waals surface area contributed by atoms with Gasteiger partial charge in [-0.2, -0.15) is 0 Å². The van der Waals surface area contributed by atoms with Crippen molar-refractivity contribution in [3.05, 3.63) is 123 Å². The molecule has 2 heterocycles. The number of phenolic OH excluding ortho intramolecular Hbond substituents is 1. The van der Waals surface area contributed by atoms with Crippen LogP contribution in [0.3, 0.4) is 0 Å². The largest absolute Gasteiger partial charge is 0.508 e. The van der Waals surface area contributed by atoms with Crippen molar-refractivity contribution >= 4 is 73.1 Å². The lowest BCUT2D eigenvalue weighted by atomic mass is 9.93. The Kier molecular flexibility index (Phi) is 10.1. The number of hydrogen-bond donors (Lipinski definition) is 3. The molecular weight excluding hydrogens is 803 g/mol. The first kappa shape index (κ1) is 36.5. The molecule has 4 aromatic rings. The quantitative estimate of drug-likeness (QED) is 0.143. The predicted octanol–water partition coefficient (Wildman–Crippen LogP) is 7.33. The van der Waals surface area contributed by atoms with Crippen molar-refractivity contribution in [1.82, 2.24) is 25.8 Å². The number of hydrazine groups is 2. The molecule has 2 aliphatic heterocycles. The summed E-state index contributed by atoms with van der Waals surface area (Å²) in [6.45, 7) is 2.95. The van der Waals surface area contributed by atoms with Gasteiger partial charge >= 0.3 is 18.1 Å². The Labute approximate surface area is 315 Å². The van der Waals surface area contributed by atoms with Gasteiger partial charge in [0, 0.05) is 8.95 Å². The van der Waals surface area contributed by atoms with E-state index in [0.29, 0.717) is 47.4 Å². The molecule has 8 amide bonds. The second kappa shape index (κ2) is 14.4.